The standard InChI is InChI=1S/C22H26N2O4S/c1-15(2)13-23-21(26)18-11-7-8-12-19(18)24-20(25)14-28-22(27)16(3)29-17-9-5-4-6-10-17/h4-12,15-16H,13-14H2,1-3H3,(H,23,26)(H,24,25)/t16-/m0/s1. The van der Waals surface area contributed by atoms with E-state index >= 15 is 0 Å². The zero-order valence-corrected chi connectivity index (χ0v) is 17.6. The number of thioether (sulfide) groups is 1. The summed E-state index contributed by atoms with van der Waals surface area (Å²) in [7, 11) is 0. The smallest absolute Gasteiger partial charge is 0.319 e. The molecule has 2 N–H and O–H groups in total. The summed E-state index contributed by atoms with van der Waals surface area (Å²) in [5.74, 6) is -0.924. The summed E-state index contributed by atoms with van der Waals surface area (Å²) in [5.41, 5.74) is 0.738. The van der Waals surface area contributed by atoms with Crippen LogP contribution in [0.4, 0.5) is 5.69 Å². The Morgan fingerprint density at radius 3 is 2.31 bits per heavy atom. The third kappa shape index (κ3) is 7.62. The van der Waals surface area contributed by atoms with Crippen LogP contribution < -0.4 is 10.6 Å². The fourth-order valence-corrected chi connectivity index (χ4v) is 3.26. The largest absolute Gasteiger partial charge is 0.455 e. The minimum Gasteiger partial charge on any atom is -0.455 e. The van der Waals surface area contributed by atoms with Crippen LogP contribution in [0.2, 0.25) is 0 Å². The van der Waals surface area contributed by atoms with E-state index in [1.807, 2.05) is 44.2 Å². The lowest BCUT2D eigenvalue weighted by molar-refractivity contribution is -0.146. The number of benzene rings is 2. The van der Waals surface area contributed by atoms with Crippen LogP contribution in [0.3, 0.4) is 0 Å². The molecule has 6 nitrogen and oxygen atoms in total. The van der Waals surface area contributed by atoms with E-state index in [-0.39, 0.29) is 5.91 Å². The molecule has 2 rings (SSSR count). The zero-order valence-electron chi connectivity index (χ0n) is 16.8. The first-order valence-electron chi connectivity index (χ1n) is 9.42. The van der Waals surface area contributed by atoms with E-state index < -0.39 is 23.7 Å². The molecule has 29 heavy (non-hydrogen) atoms. The molecule has 0 radical (unpaired) electrons. The van der Waals surface area contributed by atoms with Gasteiger partial charge in [-0.1, -0.05) is 44.2 Å². The average molecular weight is 415 g/mol. The van der Waals surface area contributed by atoms with Crippen LogP contribution >= 0.6 is 11.8 Å². The van der Waals surface area contributed by atoms with Crippen LogP contribution in [0.1, 0.15) is 31.1 Å². The van der Waals surface area contributed by atoms with Gasteiger partial charge in [0.15, 0.2) is 6.61 Å². The van der Waals surface area contributed by atoms with Crippen molar-refractivity contribution < 1.29 is 19.1 Å². The second kappa shape index (κ2) is 11.3. The number of hydrogen-bond donors (Lipinski definition) is 2. The molecule has 0 aliphatic carbocycles. The van der Waals surface area contributed by atoms with Crippen LogP contribution in [0.5, 0.6) is 0 Å². The van der Waals surface area contributed by atoms with E-state index in [9.17, 15) is 14.4 Å². The van der Waals surface area contributed by atoms with Gasteiger partial charge in [0, 0.05) is 11.4 Å². The van der Waals surface area contributed by atoms with Crippen LogP contribution in [0.25, 0.3) is 0 Å². The highest BCUT2D eigenvalue weighted by Gasteiger charge is 2.18. The topological polar surface area (TPSA) is 84.5 Å². The van der Waals surface area contributed by atoms with E-state index in [1.165, 1.54) is 11.8 Å². The Hall–Kier alpha value is -2.80. The van der Waals surface area contributed by atoms with E-state index in [4.69, 9.17) is 4.74 Å². The van der Waals surface area contributed by atoms with Gasteiger partial charge in [-0.05, 0) is 37.1 Å². The van der Waals surface area contributed by atoms with Crippen LogP contribution in [0.15, 0.2) is 59.5 Å². The molecule has 154 valence electrons. The third-order valence-corrected chi connectivity index (χ3v) is 4.94. The Morgan fingerprint density at radius 2 is 1.62 bits per heavy atom. The highest BCUT2D eigenvalue weighted by molar-refractivity contribution is 8.00. The summed E-state index contributed by atoms with van der Waals surface area (Å²) in [6.07, 6.45) is 0. The zero-order chi connectivity index (χ0) is 21.2. The summed E-state index contributed by atoms with van der Waals surface area (Å²) >= 11 is 1.36. The maximum atomic E-state index is 12.3. The summed E-state index contributed by atoms with van der Waals surface area (Å²) in [6.45, 7) is 5.85. The second-order valence-corrected chi connectivity index (χ2v) is 8.29. The van der Waals surface area contributed by atoms with E-state index in [1.54, 1.807) is 31.2 Å². The maximum Gasteiger partial charge on any atom is 0.319 e. The minimum atomic E-state index is -0.501. The SMILES string of the molecule is CC(C)CNC(=O)c1ccccc1NC(=O)COC(=O)[C@H](C)Sc1ccccc1. The molecular weight excluding hydrogens is 388 g/mol. The van der Waals surface area contributed by atoms with E-state index in [2.05, 4.69) is 10.6 Å². The first-order valence-corrected chi connectivity index (χ1v) is 10.3. The van der Waals surface area contributed by atoms with Crippen molar-refractivity contribution in [3.05, 3.63) is 60.2 Å². The van der Waals surface area contributed by atoms with E-state index in [0.717, 1.165) is 4.90 Å². The van der Waals surface area contributed by atoms with Gasteiger partial charge in [0.25, 0.3) is 11.8 Å². The predicted octanol–water partition coefficient (Wildman–Crippen LogP) is 3.73. The molecule has 0 saturated carbocycles. The minimum absolute atomic E-state index is 0.264. The van der Waals surface area contributed by atoms with Crippen molar-refractivity contribution in [2.24, 2.45) is 5.92 Å². The molecule has 1 atom stereocenters. The van der Waals surface area contributed by atoms with Gasteiger partial charge in [-0.2, -0.15) is 0 Å². The van der Waals surface area contributed by atoms with Gasteiger partial charge in [0.05, 0.1) is 11.3 Å². The number of para-hydroxylation sites is 1. The molecule has 0 aliphatic rings. The highest BCUT2D eigenvalue weighted by Crippen LogP contribution is 2.23. The molecule has 0 aromatic heterocycles. The Morgan fingerprint density at radius 1 is 0.966 bits per heavy atom. The number of ether oxygens (including phenoxy) is 1. The molecule has 0 unspecified atom stereocenters. The molecule has 0 heterocycles. The highest BCUT2D eigenvalue weighted by atomic mass is 32.2. The van der Waals surface area contributed by atoms with Crippen molar-refractivity contribution in [1.29, 1.82) is 0 Å². The van der Waals surface area contributed by atoms with Crippen molar-refractivity contribution in [3.8, 4) is 0 Å². The molecule has 2 amide bonds. The summed E-state index contributed by atoms with van der Waals surface area (Å²) in [6, 6.07) is 16.2. The average Bonchev–Trinajstić information content (AvgIpc) is 2.71. The molecule has 0 bridgehead atoms. The first-order chi connectivity index (χ1) is 13.9. The third-order valence-electron chi connectivity index (χ3n) is 3.85. The van der Waals surface area contributed by atoms with Crippen molar-refractivity contribution in [2.45, 2.75) is 30.9 Å². The van der Waals surface area contributed by atoms with Crippen molar-refractivity contribution in [2.75, 3.05) is 18.5 Å². The molecule has 0 spiro atoms. The summed E-state index contributed by atoms with van der Waals surface area (Å²) < 4.78 is 5.12. The van der Waals surface area contributed by atoms with Gasteiger partial charge >= 0.3 is 5.97 Å². The molecule has 0 aliphatic heterocycles. The van der Waals surface area contributed by atoms with Gasteiger partial charge in [0.1, 0.15) is 5.25 Å². The van der Waals surface area contributed by atoms with Crippen molar-refractivity contribution >= 4 is 35.2 Å². The number of nitrogens with one attached hydrogen (secondary N) is 2. The molecule has 0 fully saturated rings. The van der Waals surface area contributed by atoms with Gasteiger partial charge in [-0.25, -0.2) is 0 Å². The van der Waals surface area contributed by atoms with Crippen LogP contribution in [-0.2, 0) is 14.3 Å². The fraction of sp³-hybridized carbons (Fsp3) is 0.318. The number of anilines is 1. The molecule has 7 heteroatoms. The Bertz CT molecular complexity index is 840. The lowest BCUT2D eigenvalue weighted by Gasteiger charge is -2.14. The second-order valence-electron chi connectivity index (χ2n) is 6.88. The number of rotatable bonds is 9. The monoisotopic (exact) mass is 414 g/mol. The van der Waals surface area contributed by atoms with Crippen molar-refractivity contribution in [3.63, 3.8) is 0 Å². The van der Waals surface area contributed by atoms with Gasteiger partial charge in [0.2, 0.25) is 0 Å². The number of amides is 2. The number of esters is 1. The molecule has 2 aromatic carbocycles. The summed E-state index contributed by atoms with van der Waals surface area (Å²) in [4.78, 5) is 37.6. The molecular formula is C22H26N2O4S. The Kier molecular flexibility index (Phi) is 8.73. The number of carbonyl (C=O) groups is 3. The maximum absolute atomic E-state index is 12.3. The lowest BCUT2D eigenvalue weighted by Crippen LogP contribution is -2.29. The summed E-state index contributed by atoms with van der Waals surface area (Å²) in [5, 5.41) is 5.02. The fourth-order valence-electron chi connectivity index (χ4n) is 2.37. The van der Waals surface area contributed by atoms with E-state index in [0.29, 0.717) is 23.7 Å². The Labute approximate surface area is 175 Å². The lowest BCUT2D eigenvalue weighted by atomic mass is 10.1. The van der Waals surface area contributed by atoms with Gasteiger partial charge in [-0.15, -0.1) is 11.8 Å². The first kappa shape index (κ1) is 22.5. The van der Waals surface area contributed by atoms with Crippen LogP contribution in [-0.4, -0.2) is 36.2 Å². The normalized spacial score (nSPS) is 11.6. The van der Waals surface area contributed by atoms with Crippen LogP contribution in [0, 0.1) is 5.92 Å². The van der Waals surface area contributed by atoms with Gasteiger partial charge < -0.3 is 15.4 Å². The predicted molar refractivity (Wildman–Crippen MR) is 115 cm³/mol. The van der Waals surface area contributed by atoms with Crippen molar-refractivity contribution in [1.82, 2.24) is 5.32 Å². The number of carbonyl (C=O) groups excluding carboxylic acids is 3. The number of hydrogen-bond acceptors (Lipinski definition) is 5. The molecule has 0 saturated heterocycles. The Balaban J connectivity index is 1.87. The van der Waals surface area contributed by atoms with Gasteiger partial charge in [-0.3, -0.25) is 14.4 Å². The quantitative estimate of drug-likeness (QED) is 0.482. The molecule has 2 aromatic rings.